The zero-order valence-electron chi connectivity index (χ0n) is 9.21. The van der Waals surface area contributed by atoms with Crippen LogP contribution in [0.5, 0.6) is 0 Å². The number of hydrogen-bond acceptors (Lipinski definition) is 2. The van der Waals surface area contributed by atoms with Crippen LogP contribution in [0.1, 0.15) is 45.4 Å². The lowest BCUT2D eigenvalue weighted by Gasteiger charge is -2.32. The summed E-state index contributed by atoms with van der Waals surface area (Å²) < 4.78 is 11.3. The van der Waals surface area contributed by atoms with Crippen molar-refractivity contribution < 1.29 is 9.31 Å². The average Bonchev–Trinajstić information content (AvgIpc) is 2.30. The lowest BCUT2D eigenvalue weighted by molar-refractivity contribution is 0.119. The van der Waals surface area contributed by atoms with Gasteiger partial charge in [-0.3, -0.25) is 0 Å². The van der Waals surface area contributed by atoms with Gasteiger partial charge in [0.1, 0.15) is 0 Å². The van der Waals surface area contributed by atoms with E-state index in [4.69, 9.17) is 9.31 Å². The van der Waals surface area contributed by atoms with Gasteiger partial charge < -0.3 is 9.31 Å². The second kappa shape index (κ2) is 5.17. The lowest BCUT2D eigenvalue weighted by atomic mass is 9.62. The maximum atomic E-state index is 5.67. The predicted molar refractivity (Wildman–Crippen MR) is 58.3 cm³/mol. The molecule has 2 aliphatic rings. The van der Waals surface area contributed by atoms with E-state index in [1.54, 1.807) is 0 Å². The topological polar surface area (TPSA) is 18.5 Å². The van der Waals surface area contributed by atoms with E-state index in [2.05, 4.69) is 6.92 Å². The van der Waals surface area contributed by atoms with Gasteiger partial charge in [-0.2, -0.15) is 0 Å². The molecule has 0 amide bonds. The van der Waals surface area contributed by atoms with Crippen LogP contribution in [-0.2, 0) is 9.31 Å². The van der Waals surface area contributed by atoms with E-state index in [9.17, 15) is 0 Å². The fourth-order valence-electron chi connectivity index (χ4n) is 2.69. The van der Waals surface area contributed by atoms with E-state index >= 15 is 0 Å². The molecule has 0 aromatic rings. The van der Waals surface area contributed by atoms with Gasteiger partial charge in [0, 0.05) is 13.2 Å². The summed E-state index contributed by atoms with van der Waals surface area (Å²) in [6.45, 7) is 4.08. The maximum absolute atomic E-state index is 5.67. The molecule has 0 unspecified atom stereocenters. The minimum Gasteiger partial charge on any atom is -0.411 e. The molecule has 0 N–H and O–H groups in total. The van der Waals surface area contributed by atoms with Crippen molar-refractivity contribution in [2.45, 2.75) is 51.3 Å². The molecule has 0 radical (unpaired) electrons. The van der Waals surface area contributed by atoms with E-state index in [-0.39, 0.29) is 7.12 Å². The molecule has 1 aliphatic carbocycles. The summed E-state index contributed by atoms with van der Waals surface area (Å²) in [5, 5.41) is 0. The SMILES string of the molecule is C[C@H](B1OCCCO1)C1CCCCC1. The summed E-state index contributed by atoms with van der Waals surface area (Å²) in [6, 6.07) is 0. The Morgan fingerprint density at radius 1 is 1.00 bits per heavy atom. The summed E-state index contributed by atoms with van der Waals surface area (Å²) in [5.74, 6) is 1.43. The van der Waals surface area contributed by atoms with E-state index in [0.717, 1.165) is 25.6 Å². The highest BCUT2D eigenvalue weighted by atomic mass is 16.6. The normalized spacial score (nSPS) is 27.6. The fraction of sp³-hybridized carbons (Fsp3) is 1.00. The third-order valence-electron chi connectivity index (χ3n) is 3.68. The average molecular weight is 196 g/mol. The van der Waals surface area contributed by atoms with Crippen LogP contribution >= 0.6 is 0 Å². The monoisotopic (exact) mass is 196 g/mol. The Morgan fingerprint density at radius 2 is 1.64 bits per heavy atom. The third kappa shape index (κ3) is 2.51. The zero-order chi connectivity index (χ0) is 9.80. The van der Waals surface area contributed by atoms with Gasteiger partial charge in [0.15, 0.2) is 0 Å². The van der Waals surface area contributed by atoms with Gasteiger partial charge in [0.2, 0.25) is 0 Å². The van der Waals surface area contributed by atoms with Crippen molar-refractivity contribution in [2.24, 2.45) is 5.92 Å². The van der Waals surface area contributed by atoms with Crippen LogP contribution in [0.4, 0.5) is 0 Å². The summed E-state index contributed by atoms with van der Waals surface area (Å²) in [7, 11) is 0.0897. The van der Waals surface area contributed by atoms with Crippen LogP contribution in [-0.4, -0.2) is 20.3 Å². The van der Waals surface area contributed by atoms with Crippen molar-refractivity contribution in [3.63, 3.8) is 0 Å². The minimum absolute atomic E-state index is 0.0897. The van der Waals surface area contributed by atoms with E-state index in [1.807, 2.05) is 0 Å². The largest absolute Gasteiger partial charge is 0.460 e. The molecule has 0 aromatic heterocycles. The van der Waals surface area contributed by atoms with Crippen LogP contribution in [0.15, 0.2) is 0 Å². The maximum Gasteiger partial charge on any atom is 0.460 e. The molecule has 1 saturated carbocycles. The van der Waals surface area contributed by atoms with Gasteiger partial charge in [-0.15, -0.1) is 0 Å². The summed E-state index contributed by atoms with van der Waals surface area (Å²) in [6.07, 6.45) is 8.06. The molecule has 1 atom stereocenters. The molecule has 0 bridgehead atoms. The van der Waals surface area contributed by atoms with Crippen molar-refractivity contribution in [2.75, 3.05) is 13.2 Å². The molecule has 14 heavy (non-hydrogen) atoms. The lowest BCUT2D eigenvalue weighted by Crippen LogP contribution is -2.36. The molecule has 0 aromatic carbocycles. The molecule has 1 heterocycles. The summed E-state index contributed by atoms with van der Waals surface area (Å²) in [4.78, 5) is 0. The number of hydrogen-bond donors (Lipinski definition) is 0. The standard InChI is InChI=1S/C11H21BO2/c1-10(11-6-3-2-4-7-11)12-13-8-5-9-14-12/h10-11H,2-9H2,1H3/t10-/m0/s1. The van der Waals surface area contributed by atoms with Gasteiger partial charge in [-0.1, -0.05) is 39.0 Å². The zero-order valence-corrected chi connectivity index (χ0v) is 9.21. The molecule has 1 aliphatic heterocycles. The van der Waals surface area contributed by atoms with Crippen molar-refractivity contribution in [3.05, 3.63) is 0 Å². The van der Waals surface area contributed by atoms with Crippen molar-refractivity contribution in [1.29, 1.82) is 0 Å². The highest BCUT2D eigenvalue weighted by molar-refractivity contribution is 6.46. The van der Waals surface area contributed by atoms with Gasteiger partial charge in [0.25, 0.3) is 0 Å². The van der Waals surface area contributed by atoms with Gasteiger partial charge in [0.05, 0.1) is 0 Å². The Morgan fingerprint density at radius 3 is 2.29 bits per heavy atom. The molecule has 2 rings (SSSR count). The second-order valence-corrected chi connectivity index (χ2v) is 4.72. The van der Waals surface area contributed by atoms with Gasteiger partial charge in [-0.25, -0.2) is 0 Å². The Hall–Kier alpha value is -0.0151. The first-order valence-corrected chi connectivity index (χ1v) is 6.11. The Labute approximate surface area is 87.5 Å². The number of rotatable bonds is 2. The first-order chi connectivity index (χ1) is 6.88. The first kappa shape index (κ1) is 10.5. The van der Waals surface area contributed by atoms with E-state index < -0.39 is 0 Å². The van der Waals surface area contributed by atoms with Gasteiger partial charge in [-0.05, 0) is 18.2 Å². The quantitative estimate of drug-likeness (QED) is 0.632. The Bertz CT molecular complexity index is 145. The molecule has 0 spiro atoms. The smallest absolute Gasteiger partial charge is 0.411 e. The molecule has 2 fully saturated rings. The van der Waals surface area contributed by atoms with Crippen molar-refractivity contribution in [3.8, 4) is 0 Å². The Kier molecular flexibility index (Phi) is 3.88. The van der Waals surface area contributed by atoms with Crippen LogP contribution in [0, 0.1) is 5.92 Å². The van der Waals surface area contributed by atoms with Gasteiger partial charge >= 0.3 is 7.12 Å². The third-order valence-corrected chi connectivity index (χ3v) is 3.68. The molecule has 3 heteroatoms. The highest BCUT2D eigenvalue weighted by Gasteiger charge is 2.34. The van der Waals surface area contributed by atoms with E-state index in [1.165, 1.54) is 32.1 Å². The first-order valence-electron chi connectivity index (χ1n) is 6.11. The van der Waals surface area contributed by atoms with Crippen LogP contribution in [0.25, 0.3) is 0 Å². The Balaban J connectivity index is 1.82. The summed E-state index contributed by atoms with van der Waals surface area (Å²) in [5.41, 5.74) is 0. The van der Waals surface area contributed by atoms with E-state index in [0.29, 0.717) is 5.82 Å². The van der Waals surface area contributed by atoms with Crippen LogP contribution in [0.3, 0.4) is 0 Å². The minimum atomic E-state index is 0.0897. The van der Waals surface area contributed by atoms with Crippen LogP contribution in [0.2, 0.25) is 5.82 Å². The predicted octanol–water partition coefficient (Wildman–Crippen LogP) is 2.88. The second-order valence-electron chi connectivity index (χ2n) is 4.72. The molecule has 2 nitrogen and oxygen atoms in total. The molecule has 80 valence electrons. The fourth-order valence-corrected chi connectivity index (χ4v) is 2.69. The molecule has 1 saturated heterocycles. The van der Waals surface area contributed by atoms with Crippen LogP contribution < -0.4 is 0 Å². The molecular formula is C11H21BO2. The summed E-state index contributed by atoms with van der Waals surface area (Å²) >= 11 is 0. The van der Waals surface area contributed by atoms with Crippen molar-refractivity contribution >= 4 is 7.12 Å². The highest BCUT2D eigenvalue weighted by Crippen LogP contribution is 2.35. The van der Waals surface area contributed by atoms with Crippen molar-refractivity contribution in [1.82, 2.24) is 0 Å². The molecular weight excluding hydrogens is 175 g/mol.